The van der Waals surface area contributed by atoms with E-state index in [1.165, 1.54) is 25.7 Å². The van der Waals surface area contributed by atoms with Gasteiger partial charge in [-0.3, -0.25) is 9.78 Å². The monoisotopic (exact) mass is 455 g/mol. The zero-order valence-electron chi connectivity index (χ0n) is 20.6. The van der Waals surface area contributed by atoms with Gasteiger partial charge in [0.2, 0.25) is 5.91 Å². The average Bonchev–Trinajstić information content (AvgIpc) is 3.15. The Labute approximate surface area is 198 Å². The maximum Gasteiger partial charge on any atom is 0.229 e. The van der Waals surface area contributed by atoms with Crippen molar-refractivity contribution in [3.63, 3.8) is 0 Å². The second-order valence-electron chi connectivity index (χ2n) is 11.7. The number of rotatable bonds is 5. The lowest BCUT2D eigenvalue weighted by Crippen LogP contribution is -2.52. The summed E-state index contributed by atoms with van der Waals surface area (Å²) in [5, 5.41) is 14.2. The lowest BCUT2D eigenvalue weighted by atomic mass is 9.49. The van der Waals surface area contributed by atoms with Gasteiger partial charge in [0.05, 0.1) is 24.1 Å². The highest BCUT2D eigenvalue weighted by atomic mass is 16.5. The molecule has 0 bridgehead atoms. The van der Waals surface area contributed by atoms with Crippen LogP contribution in [-0.4, -0.2) is 39.8 Å². The molecule has 6 nitrogen and oxygen atoms in total. The molecule has 4 aliphatic rings. The third-order valence-corrected chi connectivity index (χ3v) is 10.0. The highest BCUT2D eigenvalue weighted by Gasteiger charge is 2.59. The Bertz CT molecular complexity index is 878. The van der Waals surface area contributed by atoms with Crippen molar-refractivity contribution in [2.75, 3.05) is 18.5 Å². The summed E-state index contributed by atoms with van der Waals surface area (Å²) in [6, 6.07) is 0. The van der Waals surface area contributed by atoms with Crippen LogP contribution in [0.1, 0.15) is 77.3 Å². The molecule has 4 saturated carbocycles. The number of fused-ring (bicyclic) bond motifs is 5. The van der Waals surface area contributed by atoms with Crippen LogP contribution in [0.3, 0.4) is 0 Å². The van der Waals surface area contributed by atoms with Gasteiger partial charge < -0.3 is 15.2 Å². The lowest BCUT2D eigenvalue weighted by molar-refractivity contribution is -0.135. The van der Waals surface area contributed by atoms with Gasteiger partial charge in [0.1, 0.15) is 0 Å². The maximum atomic E-state index is 13.3. The van der Waals surface area contributed by atoms with Crippen LogP contribution in [-0.2, 0) is 9.53 Å². The SMILES string of the molecule is CCOC[C@@]1(O)CC[C@H]2[C@H](CC[C@@H]3[C@@H]2CC[C@]2(C)[C@@H](C(=O)Nc4cncc(C)n4)CC[C@@H]32)C1. The van der Waals surface area contributed by atoms with Gasteiger partial charge in [-0.25, -0.2) is 4.98 Å². The van der Waals surface area contributed by atoms with Crippen molar-refractivity contribution >= 4 is 11.7 Å². The van der Waals surface area contributed by atoms with Crippen LogP contribution in [0.15, 0.2) is 12.4 Å². The van der Waals surface area contributed by atoms with E-state index in [4.69, 9.17) is 4.74 Å². The van der Waals surface area contributed by atoms with E-state index in [2.05, 4.69) is 22.2 Å². The average molecular weight is 456 g/mol. The van der Waals surface area contributed by atoms with Crippen molar-refractivity contribution in [2.45, 2.75) is 84.2 Å². The molecule has 2 N–H and O–H groups in total. The van der Waals surface area contributed by atoms with E-state index in [1.807, 2.05) is 13.8 Å². The molecular weight excluding hydrogens is 414 g/mol. The Morgan fingerprint density at radius 2 is 1.94 bits per heavy atom. The summed E-state index contributed by atoms with van der Waals surface area (Å²) in [5.74, 6) is 4.28. The van der Waals surface area contributed by atoms with Crippen molar-refractivity contribution < 1.29 is 14.6 Å². The largest absolute Gasteiger partial charge is 0.387 e. The van der Waals surface area contributed by atoms with Crippen molar-refractivity contribution in [3.8, 4) is 0 Å². The summed E-state index contributed by atoms with van der Waals surface area (Å²) in [6.45, 7) is 7.45. The number of nitrogens with zero attached hydrogens (tertiary/aromatic N) is 2. The number of aryl methyl sites for hydroxylation is 1. The summed E-state index contributed by atoms with van der Waals surface area (Å²) >= 11 is 0. The van der Waals surface area contributed by atoms with Crippen LogP contribution in [0.2, 0.25) is 0 Å². The molecule has 0 aliphatic heterocycles. The molecule has 4 fully saturated rings. The van der Waals surface area contributed by atoms with E-state index in [-0.39, 0.29) is 17.2 Å². The predicted molar refractivity (Wildman–Crippen MR) is 127 cm³/mol. The van der Waals surface area contributed by atoms with Crippen LogP contribution < -0.4 is 5.32 Å². The summed E-state index contributed by atoms with van der Waals surface area (Å²) in [5.41, 5.74) is 0.281. The van der Waals surface area contributed by atoms with Crippen LogP contribution in [0.25, 0.3) is 0 Å². The molecule has 1 aromatic heterocycles. The number of aliphatic hydroxyl groups is 1. The highest BCUT2D eigenvalue weighted by Crippen LogP contribution is 2.64. The number of carbonyl (C=O) groups is 1. The van der Waals surface area contributed by atoms with Gasteiger partial charge in [-0.05, 0) is 107 Å². The Morgan fingerprint density at radius 1 is 1.12 bits per heavy atom. The number of carbonyl (C=O) groups excluding carboxylic acids is 1. The normalized spacial score (nSPS) is 42.2. The minimum absolute atomic E-state index is 0.0612. The molecule has 5 rings (SSSR count). The minimum Gasteiger partial charge on any atom is -0.387 e. The Kier molecular flexibility index (Phi) is 6.28. The maximum absolute atomic E-state index is 13.3. The van der Waals surface area contributed by atoms with Crippen LogP contribution in [0, 0.1) is 47.8 Å². The van der Waals surface area contributed by atoms with Crippen molar-refractivity contribution in [1.29, 1.82) is 0 Å². The summed E-state index contributed by atoms with van der Waals surface area (Å²) in [6.07, 6.45) is 13.3. The molecule has 1 amide bonds. The number of ether oxygens (including phenoxy) is 1. The van der Waals surface area contributed by atoms with E-state index < -0.39 is 5.60 Å². The molecule has 1 aromatic rings. The predicted octanol–water partition coefficient (Wildman–Crippen LogP) is 4.76. The molecule has 4 aliphatic carbocycles. The molecule has 182 valence electrons. The Hall–Kier alpha value is -1.53. The first-order valence-electron chi connectivity index (χ1n) is 13.2. The van der Waals surface area contributed by atoms with E-state index in [9.17, 15) is 9.90 Å². The van der Waals surface area contributed by atoms with Gasteiger partial charge in [-0.2, -0.15) is 0 Å². The van der Waals surface area contributed by atoms with Gasteiger partial charge in [0, 0.05) is 18.7 Å². The van der Waals surface area contributed by atoms with Crippen molar-refractivity contribution in [3.05, 3.63) is 18.1 Å². The van der Waals surface area contributed by atoms with Gasteiger partial charge in [0.25, 0.3) is 0 Å². The molecule has 0 unspecified atom stereocenters. The molecule has 0 aromatic carbocycles. The van der Waals surface area contributed by atoms with E-state index in [1.54, 1.807) is 12.4 Å². The molecule has 1 heterocycles. The van der Waals surface area contributed by atoms with E-state index in [0.29, 0.717) is 30.9 Å². The number of hydrogen-bond donors (Lipinski definition) is 2. The van der Waals surface area contributed by atoms with Gasteiger partial charge in [-0.15, -0.1) is 0 Å². The smallest absolute Gasteiger partial charge is 0.229 e. The number of anilines is 1. The first-order chi connectivity index (χ1) is 15.8. The molecule has 33 heavy (non-hydrogen) atoms. The second kappa shape index (κ2) is 8.92. The molecule has 6 heteroatoms. The molecule has 0 spiro atoms. The molecule has 0 saturated heterocycles. The topological polar surface area (TPSA) is 84.3 Å². The van der Waals surface area contributed by atoms with Crippen LogP contribution in [0.5, 0.6) is 0 Å². The zero-order valence-corrected chi connectivity index (χ0v) is 20.6. The van der Waals surface area contributed by atoms with E-state index >= 15 is 0 Å². The van der Waals surface area contributed by atoms with Gasteiger partial charge in [0.15, 0.2) is 5.82 Å². The van der Waals surface area contributed by atoms with Crippen LogP contribution >= 0.6 is 0 Å². The quantitative estimate of drug-likeness (QED) is 0.669. The molecule has 8 atom stereocenters. The van der Waals surface area contributed by atoms with Gasteiger partial charge >= 0.3 is 0 Å². The highest BCUT2D eigenvalue weighted by molar-refractivity contribution is 5.92. The standard InChI is InChI=1S/C27H41N3O3/c1-4-33-16-27(32)12-10-19-18(13-27)5-6-21-20(19)9-11-26(3)22(21)7-8-23(26)25(31)30-24-15-28-14-17(2)29-24/h14-15,18-23,32H,4-13,16H2,1-3H3,(H,29,30,31)/t18-,19+,20-,21-,22+,23-,26+,27-/m1/s1. The first-order valence-corrected chi connectivity index (χ1v) is 13.2. The lowest BCUT2D eigenvalue weighted by Gasteiger charge is -2.57. The molecular formula is C27H41N3O3. The first kappa shape index (κ1) is 23.2. The fraction of sp³-hybridized carbons (Fsp3) is 0.815. The number of aromatic nitrogens is 2. The Morgan fingerprint density at radius 3 is 2.73 bits per heavy atom. The second-order valence-corrected chi connectivity index (χ2v) is 11.7. The third-order valence-electron chi connectivity index (χ3n) is 10.0. The minimum atomic E-state index is -0.623. The number of amides is 1. The third kappa shape index (κ3) is 4.22. The summed E-state index contributed by atoms with van der Waals surface area (Å²) < 4.78 is 5.62. The van der Waals surface area contributed by atoms with Crippen LogP contribution in [0.4, 0.5) is 5.82 Å². The number of hydrogen-bond acceptors (Lipinski definition) is 5. The summed E-state index contributed by atoms with van der Waals surface area (Å²) in [7, 11) is 0. The van der Waals surface area contributed by atoms with E-state index in [0.717, 1.165) is 55.6 Å². The van der Waals surface area contributed by atoms with Crippen molar-refractivity contribution in [2.24, 2.45) is 40.9 Å². The van der Waals surface area contributed by atoms with Crippen molar-refractivity contribution in [1.82, 2.24) is 9.97 Å². The summed E-state index contributed by atoms with van der Waals surface area (Å²) in [4.78, 5) is 21.9. The van der Waals surface area contributed by atoms with Gasteiger partial charge in [-0.1, -0.05) is 6.92 Å². The fourth-order valence-electron chi connectivity index (χ4n) is 8.55. The molecule has 0 radical (unpaired) electrons. The Balaban J connectivity index is 1.27. The number of nitrogens with one attached hydrogen (secondary N) is 1. The zero-order chi connectivity index (χ0) is 23.2. The fourth-order valence-corrected chi connectivity index (χ4v) is 8.55.